The van der Waals surface area contributed by atoms with Crippen LogP contribution in [-0.2, 0) is 16.2 Å². The summed E-state index contributed by atoms with van der Waals surface area (Å²) in [5.41, 5.74) is 4.27. The molecule has 0 spiro atoms. The molecule has 3 rings (SSSR count). The van der Waals surface area contributed by atoms with Crippen molar-refractivity contribution in [2.75, 3.05) is 12.4 Å². The maximum atomic E-state index is 12.0. The SMILES string of the molecule is COc1ccc(NC(=O)C(=O)N/N=C\c2ccccc2OCc2ccc(Cl)cc2)cc1. The van der Waals surface area contributed by atoms with Gasteiger partial charge in [-0.3, -0.25) is 9.59 Å². The lowest BCUT2D eigenvalue weighted by Crippen LogP contribution is -2.32. The number of methoxy groups -OCH3 is 1. The Bertz CT molecular complexity index is 1070. The third kappa shape index (κ3) is 6.58. The van der Waals surface area contributed by atoms with Gasteiger partial charge in [0.1, 0.15) is 18.1 Å². The summed E-state index contributed by atoms with van der Waals surface area (Å²) in [4.78, 5) is 24.0. The van der Waals surface area contributed by atoms with E-state index in [1.54, 1.807) is 55.6 Å². The normalized spacial score (nSPS) is 10.5. The quantitative estimate of drug-likeness (QED) is 0.332. The van der Waals surface area contributed by atoms with E-state index >= 15 is 0 Å². The Morgan fingerprint density at radius 2 is 1.68 bits per heavy atom. The van der Waals surface area contributed by atoms with Gasteiger partial charge in [0.05, 0.1) is 13.3 Å². The van der Waals surface area contributed by atoms with E-state index in [-0.39, 0.29) is 0 Å². The van der Waals surface area contributed by atoms with E-state index < -0.39 is 11.8 Å². The van der Waals surface area contributed by atoms with Crippen molar-refractivity contribution in [1.82, 2.24) is 5.43 Å². The first-order chi connectivity index (χ1) is 15.0. The number of para-hydroxylation sites is 1. The van der Waals surface area contributed by atoms with Gasteiger partial charge in [-0.2, -0.15) is 5.10 Å². The van der Waals surface area contributed by atoms with Crippen LogP contribution in [0.3, 0.4) is 0 Å². The van der Waals surface area contributed by atoms with E-state index in [9.17, 15) is 9.59 Å². The molecule has 0 fully saturated rings. The smallest absolute Gasteiger partial charge is 0.329 e. The fourth-order valence-electron chi connectivity index (χ4n) is 2.53. The zero-order valence-corrected chi connectivity index (χ0v) is 17.4. The highest BCUT2D eigenvalue weighted by Crippen LogP contribution is 2.18. The van der Waals surface area contributed by atoms with Gasteiger partial charge in [-0.15, -0.1) is 0 Å². The number of nitrogens with zero attached hydrogens (tertiary/aromatic N) is 1. The van der Waals surface area contributed by atoms with E-state index in [2.05, 4.69) is 15.8 Å². The van der Waals surface area contributed by atoms with Crippen molar-refractivity contribution in [3.8, 4) is 11.5 Å². The number of carbonyl (C=O) groups excluding carboxylic acids is 2. The summed E-state index contributed by atoms with van der Waals surface area (Å²) in [7, 11) is 1.54. The molecule has 158 valence electrons. The number of carbonyl (C=O) groups is 2. The highest BCUT2D eigenvalue weighted by Gasteiger charge is 2.13. The number of hydrogen-bond acceptors (Lipinski definition) is 5. The van der Waals surface area contributed by atoms with Gasteiger partial charge >= 0.3 is 11.8 Å². The van der Waals surface area contributed by atoms with Crippen LogP contribution in [0.5, 0.6) is 11.5 Å². The molecule has 0 heterocycles. The number of nitrogens with one attached hydrogen (secondary N) is 2. The van der Waals surface area contributed by atoms with Gasteiger partial charge in [-0.05, 0) is 54.1 Å². The number of hydrogen-bond donors (Lipinski definition) is 2. The van der Waals surface area contributed by atoms with Crippen LogP contribution in [0.4, 0.5) is 5.69 Å². The summed E-state index contributed by atoms with van der Waals surface area (Å²) >= 11 is 5.89. The van der Waals surface area contributed by atoms with Gasteiger partial charge in [0, 0.05) is 16.3 Å². The number of rotatable bonds is 7. The fraction of sp³-hybridized carbons (Fsp3) is 0.0870. The Balaban J connectivity index is 1.55. The van der Waals surface area contributed by atoms with Gasteiger partial charge in [0.15, 0.2) is 0 Å². The molecular formula is C23H20ClN3O4. The lowest BCUT2D eigenvalue weighted by molar-refractivity contribution is -0.136. The Morgan fingerprint density at radius 1 is 0.968 bits per heavy atom. The van der Waals surface area contributed by atoms with Crippen molar-refractivity contribution in [2.24, 2.45) is 5.10 Å². The van der Waals surface area contributed by atoms with Crippen LogP contribution in [0.1, 0.15) is 11.1 Å². The van der Waals surface area contributed by atoms with E-state index in [0.29, 0.717) is 34.4 Å². The van der Waals surface area contributed by atoms with E-state index in [1.165, 1.54) is 6.21 Å². The molecule has 0 aliphatic heterocycles. The highest BCUT2D eigenvalue weighted by molar-refractivity contribution is 6.39. The van der Waals surface area contributed by atoms with Crippen molar-refractivity contribution < 1.29 is 19.1 Å². The predicted octanol–water partition coefficient (Wildman–Crippen LogP) is 4.02. The molecule has 0 radical (unpaired) electrons. The van der Waals surface area contributed by atoms with Crippen LogP contribution in [0.15, 0.2) is 77.9 Å². The number of anilines is 1. The molecule has 0 aromatic heterocycles. The first kappa shape index (κ1) is 21.9. The van der Waals surface area contributed by atoms with Crippen LogP contribution in [0, 0.1) is 0 Å². The Kier molecular flexibility index (Phi) is 7.61. The average Bonchev–Trinajstić information content (AvgIpc) is 2.80. The minimum absolute atomic E-state index is 0.346. The van der Waals surface area contributed by atoms with Crippen LogP contribution in [-0.4, -0.2) is 25.1 Å². The Morgan fingerprint density at radius 3 is 2.39 bits per heavy atom. The van der Waals surface area contributed by atoms with Crippen LogP contribution in [0.2, 0.25) is 5.02 Å². The maximum Gasteiger partial charge on any atom is 0.329 e. The standard InChI is InChI=1S/C23H20ClN3O4/c1-30-20-12-10-19(11-13-20)26-22(28)23(29)27-25-14-17-4-2-3-5-21(17)31-15-16-6-8-18(24)9-7-16/h2-14H,15H2,1H3,(H,26,28)(H,27,29)/b25-14-. The molecule has 3 aromatic carbocycles. The highest BCUT2D eigenvalue weighted by atomic mass is 35.5. The first-order valence-electron chi connectivity index (χ1n) is 9.30. The lowest BCUT2D eigenvalue weighted by Gasteiger charge is -2.09. The van der Waals surface area contributed by atoms with Crippen molar-refractivity contribution in [2.45, 2.75) is 6.61 Å². The van der Waals surface area contributed by atoms with E-state index in [4.69, 9.17) is 21.1 Å². The molecule has 31 heavy (non-hydrogen) atoms. The van der Waals surface area contributed by atoms with Gasteiger partial charge in [-0.25, -0.2) is 5.43 Å². The second-order valence-corrected chi connectivity index (χ2v) is 6.77. The molecule has 3 aromatic rings. The number of amides is 2. The Labute approximate surface area is 184 Å². The van der Waals surface area contributed by atoms with Crippen molar-refractivity contribution in [3.05, 3.63) is 88.9 Å². The monoisotopic (exact) mass is 437 g/mol. The fourth-order valence-corrected chi connectivity index (χ4v) is 2.66. The van der Waals surface area contributed by atoms with E-state index in [1.807, 2.05) is 24.3 Å². The first-order valence-corrected chi connectivity index (χ1v) is 9.67. The number of ether oxygens (including phenoxy) is 2. The molecule has 0 aliphatic rings. The molecular weight excluding hydrogens is 418 g/mol. The molecule has 0 aliphatic carbocycles. The summed E-state index contributed by atoms with van der Waals surface area (Å²) < 4.78 is 10.9. The summed E-state index contributed by atoms with van der Waals surface area (Å²) in [6, 6.07) is 21.1. The van der Waals surface area contributed by atoms with Crippen LogP contribution < -0.4 is 20.2 Å². The summed E-state index contributed by atoms with van der Waals surface area (Å²) in [5, 5.41) is 6.99. The third-order valence-electron chi connectivity index (χ3n) is 4.15. The molecule has 0 atom stereocenters. The summed E-state index contributed by atoms with van der Waals surface area (Å²) in [6.45, 7) is 0.346. The summed E-state index contributed by atoms with van der Waals surface area (Å²) in [6.07, 6.45) is 1.41. The molecule has 0 bridgehead atoms. The van der Waals surface area contributed by atoms with Gasteiger partial charge in [0.2, 0.25) is 0 Å². The topological polar surface area (TPSA) is 89.0 Å². The molecule has 2 amide bonds. The molecule has 0 saturated heterocycles. The molecule has 0 unspecified atom stereocenters. The maximum absolute atomic E-state index is 12.0. The average molecular weight is 438 g/mol. The van der Waals surface area contributed by atoms with Crippen molar-refractivity contribution in [1.29, 1.82) is 0 Å². The Hall–Kier alpha value is -3.84. The summed E-state index contributed by atoms with van der Waals surface area (Å²) in [5.74, 6) is -0.511. The second kappa shape index (κ2) is 10.8. The van der Waals surface area contributed by atoms with Crippen molar-refractivity contribution in [3.63, 3.8) is 0 Å². The zero-order chi connectivity index (χ0) is 22.1. The number of benzene rings is 3. The predicted molar refractivity (Wildman–Crippen MR) is 120 cm³/mol. The second-order valence-electron chi connectivity index (χ2n) is 6.33. The third-order valence-corrected chi connectivity index (χ3v) is 4.40. The molecule has 7 nitrogen and oxygen atoms in total. The number of halogens is 1. The zero-order valence-electron chi connectivity index (χ0n) is 16.7. The molecule has 2 N–H and O–H groups in total. The largest absolute Gasteiger partial charge is 0.497 e. The van der Waals surface area contributed by atoms with E-state index in [0.717, 1.165) is 5.56 Å². The van der Waals surface area contributed by atoms with Gasteiger partial charge in [0.25, 0.3) is 0 Å². The number of hydrazone groups is 1. The van der Waals surface area contributed by atoms with Gasteiger partial charge in [-0.1, -0.05) is 35.9 Å². The lowest BCUT2D eigenvalue weighted by atomic mass is 10.2. The molecule has 0 saturated carbocycles. The van der Waals surface area contributed by atoms with Crippen molar-refractivity contribution >= 4 is 35.3 Å². The molecule has 8 heteroatoms. The minimum atomic E-state index is -0.897. The van der Waals surface area contributed by atoms with Gasteiger partial charge < -0.3 is 14.8 Å². The minimum Gasteiger partial charge on any atom is -0.497 e. The van der Waals surface area contributed by atoms with Crippen LogP contribution in [0.25, 0.3) is 0 Å². The van der Waals surface area contributed by atoms with Crippen LogP contribution >= 0.6 is 11.6 Å².